The molecule has 1 fully saturated rings. The highest BCUT2D eigenvalue weighted by Crippen LogP contribution is 2.42. The number of carbonyl (C=O) groups is 1. The predicted molar refractivity (Wildman–Crippen MR) is 80.9 cm³/mol. The van der Waals surface area contributed by atoms with Crippen LogP contribution in [0.2, 0.25) is 5.02 Å². The van der Waals surface area contributed by atoms with Crippen LogP contribution in [0.1, 0.15) is 37.6 Å². The Balaban J connectivity index is 2.02. The van der Waals surface area contributed by atoms with Crippen molar-refractivity contribution in [1.82, 2.24) is 5.32 Å². The minimum atomic E-state index is -0.146. The van der Waals surface area contributed by atoms with Crippen LogP contribution in [-0.2, 0) is 4.74 Å². The number of carbonyl (C=O) groups excluding carboxylic acids is 1. The van der Waals surface area contributed by atoms with Crippen molar-refractivity contribution < 1.29 is 9.53 Å². The van der Waals surface area contributed by atoms with Gasteiger partial charge in [0.25, 0.3) is 5.91 Å². The number of hydrogen-bond acceptors (Lipinski definition) is 3. The van der Waals surface area contributed by atoms with Crippen molar-refractivity contribution in [3.05, 3.63) is 28.8 Å². The van der Waals surface area contributed by atoms with Gasteiger partial charge in [0.15, 0.2) is 0 Å². The van der Waals surface area contributed by atoms with Gasteiger partial charge in [0.1, 0.15) is 0 Å². The van der Waals surface area contributed by atoms with Gasteiger partial charge in [-0.1, -0.05) is 25.4 Å². The largest absolute Gasteiger partial charge is 0.399 e. The molecule has 0 radical (unpaired) electrons. The molecule has 4 nitrogen and oxygen atoms in total. The van der Waals surface area contributed by atoms with Crippen molar-refractivity contribution in [3.63, 3.8) is 0 Å². The first-order chi connectivity index (χ1) is 9.34. The molecule has 5 heteroatoms. The number of halogens is 1. The van der Waals surface area contributed by atoms with E-state index in [4.69, 9.17) is 22.1 Å². The second-order valence-electron chi connectivity index (χ2n) is 5.80. The van der Waals surface area contributed by atoms with Crippen molar-refractivity contribution in [2.24, 2.45) is 5.41 Å². The molecule has 0 aliphatic heterocycles. The molecule has 1 saturated carbocycles. The summed E-state index contributed by atoms with van der Waals surface area (Å²) in [5.74, 6) is -0.146. The molecule has 1 amide bonds. The Morgan fingerprint density at radius 1 is 1.50 bits per heavy atom. The first kappa shape index (κ1) is 15.1. The summed E-state index contributed by atoms with van der Waals surface area (Å²) in [4.78, 5) is 12.2. The topological polar surface area (TPSA) is 64.3 Å². The molecule has 0 aromatic heterocycles. The number of amides is 1. The zero-order valence-electron chi connectivity index (χ0n) is 12.1. The standard InChI is InChI=1S/C15H21ClN2O2/c1-4-20-13-8-12(15(13,2)3)18-14(19)9-5-10(16)7-11(17)6-9/h5-7,12-13H,4,8,17H2,1-3H3,(H,18,19). The minimum Gasteiger partial charge on any atom is -0.399 e. The fourth-order valence-corrected chi connectivity index (χ4v) is 2.84. The van der Waals surface area contributed by atoms with E-state index in [1.165, 1.54) is 0 Å². The van der Waals surface area contributed by atoms with Gasteiger partial charge in [0.2, 0.25) is 0 Å². The Morgan fingerprint density at radius 3 is 2.75 bits per heavy atom. The zero-order chi connectivity index (χ0) is 14.9. The number of rotatable bonds is 4. The highest BCUT2D eigenvalue weighted by atomic mass is 35.5. The van der Waals surface area contributed by atoms with Gasteiger partial charge in [-0.2, -0.15) is 0 Å². The molecule has 0 saturated heterocycles. The lowest BCUT2D eigenvalue weighted by Gasteiger charge is -2.51. The highest BCUT2D eigenvalue weighted by Gasteiger charge is 2.49. The number of hydrogen-bond donors (Lipinski definition) is 2. The van der Waals surface area contributed by atoms with Crippen LogP contribution in [0.25, 0.3) is 0 Å². The van der Waals surface area contributed by atoms with E-state index in [2.05, 4.69) is 19.2 Å². The van der Waals surface area contributed by atoms with Crippen molar-refractivity contribution in [1.29, 1.82) is 0 Å². The van der Waals surface area contributed by atoms with Crippen LogP contribution >= 0.6 is 11.6 Å². The molecule has 2 rings (SSSR count). The zero-order valence-corrected chi connectivity index (χ0v) is 12.8. The van der Waals surface area contributed by atoms with E-state index in [-0.39, 0.29) is 23.5 Å². The second-order valence-corrected chi connectivity index (χ2v) is 6.24. The van der Waals surface area contributed by atoms with E-state index in [0.717, 1.165) is 6.42 Å². The summed E-state index contributed by atoms with van der Waals surface area (Å²) in [6.07, 6.45) is 1.03. The summed E-state index contributed by atoms with van der Waals surface area (Å²) in [5, 5.41) is 3.50. The number of benzene rings is 1. The first-order valence-corrected chi connectivity index (χ1v) is 7.21. The molecule has 3 N–H and O–H groups in total. The van der Waals surface area contributed by atoms with E-state index in [1.807, 2.05) is 6.92 Å². The van der Waals surface area contributed by atoms with Crippen LogP contribution in [0.3, 0.4) is 0 Å². The molecule has 20 heavy (non-hydrogen) atoms. The third-order valence-corrected chi connectivity index (χ3v) is 4.25. The normalized spacial score (nSPS) is 24.0. The summed E-state index contributed by atoms with van der Waals surface area (Å²) in [5.41, 5.74) is 6.63. The van der Waals surface area contributed by atoms with Gasteiger partial charge in [0, 0.05) is 34.3 Å². The van der Waals surface area contributed by atoms with Crippen molar-refractivity contribution in [2.45, 2.75) is 39.3 Å². The Kier molecular flexibility index (Phi) is 4.25. The van der Waals surface area contributed by atoms with Crippen molar-refractivity contribution in [2.75, 3.05) is 12.3 Å². The van der Waals surface area contributed by atoms with Gasteiger partial charge >= 0.3 is 0 Å². The molecule has 0 spiro atoms. The number of nitrogens with two attached hydrogens (primary N) is 1. The van der Waals surface area contributed by atoms with Crippen LogP contribution in [0.5, 0.6) is 0 Å². The average molecular weight is 297 g/mol. The van der Waals surface area contributed by atoms with E-state index in [1.54, 1.807) is 18.2 Å². The molecule has 0 heterocycles. The third-order valence-electron chi connectivity index (χ3n) is 4.03. The number of ether oxygens (including phenoxy) is 1. The lowest BCUT2D eigenvalue weighted by molar-refractivity contribution is -0.111. The molecule has 1 aliphatic rings. The van der Waals surface area contributed by atoms with E-state index >= 15 is 0 Å². The van der Waals surface area contributed by atoms with E-state index in [9.17, 15) is 4.79 Å². The summed E-state index contributed by atoms with van der Waals surface area (Å²) < 4.78 is 5.66. The van der Waals surface area contributed by atoms with Crippen LogP contribution < -0.4 is 11.1 Å². The highest BCUT2D eigenvalue weighted by molar-refractivity contribution is 6.31. The molecular formula is C15H21ClN2O2. The van der Waals surface area contributed by atoms with Crippen molar-refractivity contribution in [3.8, 4) is 0 Å². The summed E-state index contributed by atoms with van der Waals surface area (Å²) in [6, 6.07) is 4.98. The van der Waals surface area contributed by atoms with Gasteiger partial charge in [-0.05, 0) is 31.5 Å². The summed E-state index contributed by atoms with van der Waals surface area (Å²) >= 11 is 5.92. The van der Waals surface area contributed by atoms with Crippen molar-refractivity contribution >= 4 is 23.2 Å². The van der Waals surface area contributed by atoms with Crippen LogP contribution in [0.4, 0.5) is 5.69 Å². The third kappa shape index (κ3) is 2.91. The lowest BCUT2D eigenvalue weighted by Crippen LogP contribution is -2.62. The van der Waals surface area contributed by atoms with Crippen LogP contribution in [0.15, 0.2) is 18.2 Å². The maximum absolute atomic E-state index is 12.2. The minimum absolute atomic E-state index is 0.0597. The average Bonchev–Trinajstić information content (AvgIpc) is 2.36. The smallest absolute Gasteiger partial charge is 0.251 e. The number of nitrogen functional groups attached to an aromatic ring is 1. The number of anilines is 1. The molecule has 1 aliphatic carbocycles. The SMILES string of the molecule is CCOC1CC(NC(=O)c2cc(N)cc(Cl)c2)C1(C)C. The monoisotopic (exact) mass is 296 g/mol. The molecule has 0 bridgehead atoms. The number of nitrogens with one attached hydrogen (secondary N) is 1. The fraction of sp³-hybridized carbons (Fsp3) is 0.533. The Hall–Kier alpha value is -1.26. The van der Waals surface area contributed by atoms with E-state index < -0.39 is 0 Å². The molecular weight excluding hydrogens is 276 g/mol. The second kappa shape index (κ2) is 5.62. The molecule has 1 aromatic rings. The fourth-order valence-electron chi connectivity index (χ4n) is 2.60. The maximum atomic E-state index is 12.2. The quantitative estimate of drug-likeness (QED) is 0.840. The first-order valence-electron chi connectivity index (χ1n) is 6.83. The van der Waals surface area contributed by atoms with Crippen LogP contribution in [-0.4, -0.2) is 24.7 Å². The lowest BCUT2D eigenvalue weighted by atomic mass is 9.64. The van der Waals surface area contributed by atoms with Gasteiger partial charge in [-0.25, -0.2) is 0 Å². The van der Waals surface area contributed by atoms with Gasteiger partial charge in [-0.3, -0.25) is 4.79 Å². The summed E-state index contributed by atoms with van der Waals surface area (Å²) in [7, 11) is 0. The molecule has 2 unspecified atom stereocenters. The van der Waals surface area contributed by atoms with Gasteiger partial charge < -0.3 is 15.8 Å². The van der Waals surface area contributed by atoms with Crippen LogP contribution in [0, 0.1) is 5.41 Å². The maximum Gasteiger partial charge on any atom is 0.251 e. The predicted octanol–water partition coefficient (Wildman–Crippen LogP) is 2.86. The molecule has 2 atom stereocenters. The van der Waals surface area contributed by atoms with Gasteiger partial charge in [0.05, 0.1) is 6.10 Å². The Morgan fingerprint density at radius 2 is 2.20 bits per heavy atom. The molecule has 110 valence electrons. The summed E-state index contributed by atoms with van der Waals surface area (Å²) in [6.45, 7) is 6.89. The van der Waals surface area contributed by atoms with Gasteiger partial charge in [-0.15, -0.1) is 0 Å². The van der Waals surface area contributed by atoms with E-state index in [0.29, 0.717) is 22.9 Å². The Labute approximate surface area is 124 Å². The Bertz CT molecular complexity index is 496. The molecule has 1 aromatic carbocycles.